The lowest BCUT2D eigenvalue weighted by molar-refractivity contribution is -0.116. The van der Waals surface area contributed by atoms with Gasteiger partial charge in [0.2, 0.25) is 5.91 Å². The van der Waals surface area contributed by atoms with Crippen molar-refractivity contribution in [3.05, 3.63) is 51.4 Å². The third-order valence-corrected chi connectivity index (χ3v) is 5.08. The van der Waals surface area contributed by atoms with E-state index in [1.807, 2.05) is 0 Å². The number of carbonyl (C=O) groups excluding carboxylic acids is 1. The van der Waals surface area contributed by atoms with Crippen LogP contribution in [0.1, 0.15) is 16.2 Å². The van der Waals surface area contributed by atoms with Gasteiger partial charge in [-0.25, -0.2) is 9.78 Å². The van der Waals surface area contributed by atoms with Crippen molar-refractivity contribution >= 4 is 39.1 Å². The van der Waals surface area contributed by atoms with Gasteiger partial charge >= 0.3 is 5.97 Å². The number of nitrogens with zero attached hydrogens (tertiary/aromatic N) is 2. The van der Waals surface area contributed by atoms with Crippen LogP contribution in [-0.2, 0) is 22.5 Å². The van der Waals surface area contributed by atoms with Crippen LogP contribution in [0.2, 0.25) is 0 Å². The van der Waals surface area contributed by atoms with Gasteiger partial charge in [0.15, 0.2) is 0 Å². The number of fused-ring (bicyclic) bond motifs is 1. The molecule has 0 fully saturated rings. The molecule has 0 aliphatic heterocycles. The minimum Gasteiger partial charge on any atom is -0.497 e. The van der Waals surface area contributed by atoms with Gasteiger partial charge in [-0.15, -0.1) is 11.3 Å². The number of anilines is 1. The molecule has 0 aliphatic carbocycles. The summed E-state index contributed by atoms with van der Waals surface area (Å²) in [5.74, 6) is -0.652. The average molecular weight is 417 g/mol. The Morgan fingerprint density at radius 1 is 1.24 bits per heavy atom. The molecule has 2 heterocycles. The van der Waals surface area contributed by atoms with Crippen molar-refractivity contribution in [2.45, 2.75) is 13.0 Å². The Labute approximate surface area is 169 Å². The maximum atomic E-state index is 13.0. The minimum atomic E-state index is -1.21. The van der Waals surface area contributed by atoms with Gasteiger partial charge in [0.25, 0.3) is 5.56 Å². The van der Waals surface area contributed by atoms with Crippen LogP contribution in [0.4, 0.5) is 5.69 Å². The van der Waals surface area contributed by atoms with Gasteiger partial charge in [0, 0.05) is 24.6 Å². The molecule has 0 atom stereocenters. The van der Waals surface area contributed by atoms with Crippen LogP contribution in [0, 0.1) is 0 Å². The first-order valence-electron chi connectivity index (χ1n) is 8.61. The van der Waals surface area contributed by atoms with E-state index in [1.165, 1.54) is 17.1 Å². The highest BCUT2D eigenvalue weighted by Crippen LogP contribution is 2.22. The maximum absolute atomic E-state index is 13.0. The van der Waals surface area contributed by atoms with Crippen LogP contribution in [0.25, 0.3) is 10.2 Å². The van der Waals surface area contributed by atoms with Crippen molar-refractivity contribution in [2.24, 2.45) is 0 Å². The summed E-state index contributed by atoms with van der Waals surface area (Å²) in [5.41, 5.74) is -0.146. The summed E-state index contributed by atoms with van der Waals surface area (Å²) in [6.45, 7) is -0.00301. The number of methoxy groups -OCH3 is 2. The fourth-order valence-corrected chi connectivity index (χ4v) is 3.71. The molecule has 3 rings (SSSR count). The van der Waals surface area contributed by atoms with E-state index in [2.05, 4.69) is 10.3 Å². The van der Waals surface area contributed by atoms with Crippen molar-refractivity contribution < 1.29 is 24.2 Å². The Hall–Kier alpha value is -3.24. The standard InChI is InChI=1S/C19H19N3O6S/c1-27-8-7-14-21-17-16(13(10-29-17)19(25)26)18(24)22(14)9-15(23)20-11-3-5-12(28-2)6-4-11/h3-6,10H,7-9H2,1-2H3,(H,20,23)(H,25,26). The Kier molecular flexibility index (Phi) is 6.25. The topological polar surface area (TPSA) is 120 Å². The molecule has 0 spiro atoms. The van der Waals surface area contributed by atoms with E-state index in [4.69, 9.17) is 9.47 Å². The van der Waals surface area contributed by atoms with Crippen molar-refractivity contribution in [1.29, 1.82) is 0 Å². The number of carboxylic acid groups (broad SMARTS) is 1. The summed E-state index contributed by atoms with van der Waals surface area (Å²) < 4.78 is 11.3. The first kappa shape index (κ1) is 20.5. The summed E-state index contributed by atoms with van der Waals surface area (Å²) >= 11 is 1.08. The summed E-state index contributed by atoms with van der Waals surface area (Å²) in [5, 5.41) is 13.4. The second-order valence-corrected chi connectivity index (χ2v) is 6.93. The lowest BCUT2D eigenvalue weighted by Crippen LogP contribution is -2.32. The quantitative estimate of drug-likeness (QED) is 0.575. The van der Waals surface area contributed by atoms with E-state index in [0.717, 1.165) is 11.3 Å². The number of carboxylic acids is 1. The molecular weight excluding hydrogens is 398 g/mol. The molecule has 9 nitrogen and oxygen atoms in total. The average Bonchev–Trinajstić information content (AvgIpc) is 3.14. The van der Waals surface area contributed by atoms with Gasteiger partial charge in [-0.1, -0.05) is 0 Å². The SMILES string of the molecule is COCCc1nc2scc(C(=O)O)c2c(=O)n1CC(=O)Nc1ccc(OC)cc1. The third kappa shape index (κ3) is 4.44. The number of hydrogen-bond acceptors (Lipinski definition) is 7. The highest BCUT2D eigenvalue weighted by atomic mass is 32.1. The number of aromatic carboxylic acids is 1. The van der Waals surface area contributed by atoms with E-state index in [1.54, 1.807) is 31.4 Å². The molecule has 3 aromatic rings. The van der Waals surface area contributed by atoms with Crippen molar-refractivity contribution in [3.8, 4) is 5.75 Å². The number of benzene rings is 1. The third-order valence-electron chi connectivity index (χ3n) is 4.21. The molecule has 2 N–H and O–H groups in total. The molecule has 2 aromatic heterocycles. The summed E-state index contributed by atoms with van der Waals surface area (Å²) in [6, 6.07) is 6.75. The molecule has 0 saturated carbocycles. The minimum absolute atomic E-state index is 0.000847. The van der Waals surface area contributed by atoms with Gasteiger partial charge in [0.05, 0.1) is 24.7 Å². The normalized spacial score (nSPS) is 10.8. The second kappa shape index (κ2) is 8.84. The molecule has 1 amide bonds. The Morgan fingerprint density at radius 3 is 2.59 bits per heavy atom. The first-order valence-corrected chi connectivity index (χ1v) is 9.49. The van der Waals surface area contributed by atoms with Gasteiger partial charge in [-0.05, 0) is 24.3 Å². The number of thiophene rings is 1. The van der Waals surface area contributed by atoms with E-state index in [0.29, 0.717) is 35.1 Å². The molecule has 152 valence electrons. The Morgan fingerprint density at radius 2 is 1.97 bits per heavy atom. The van der Waals surface area contributed by atoms with Crippen molar-refractivity contribution in [2.75, 3.05) is 26.1 Å². The lowest BCUT2D eigenvalue weighted by atomic mass is 10.2. The maximum Gasteiger partial charge on any atom is 0.337 e. The molecule has 1 aromatic carbocycles. The zero-order valence-corrected chi connectivity index (χ0v) is 16.6. The summed E-state index contributed by atoms with van der Waals surface area (Å²) in [6.07, 6.45) is 0.303. The van der Waals surface area contributed by atoms with Gasteiger partial charge < -0.3 is 19.9 Å². The second-order valence-electron chi connectivity index (χ2n) is 6.07. The largest absolute Gasteiger partial charge is 0.497 e. The first-order chi connectivity index (χ1) is 13.9. The van der Waals surface area contributed by atoms with E-state index >= 15 is 0 Å². The number of rotatable bonds is 8. The molecule has 29 heavy (non-hydrogen) atoms. The van der Waals surface area contributed by atoms with Crippen LogP contribution in [-0.4, -0.2) is 47.4 Å². The number of aromatic nitrogens is 2. The van der Waals surface area contributed by atoms with Crippen LogP contribution in [0.3, 0.4) is 0 Å². The molecule has 0 saturated heterocycles. The Balaban J connectivity index is 1.95. The smallest absolute Gasteiger partial charge is 0.337 e. The Bertz CT molecular complexity index is 1100. The van der Waals surface area contributed by atoms with E-state index in [-0.39, 0.29) is 17.5 Å². The van der Waals surface area contributed by atoms with Crippen molar-refractivity contribution in [1.82, 2.24) is 9.55 Å². The molecule has 10 heteroatoms. The molecule has 0 aliphatic rings. The van der Waals surface area contributed by atoms with Gasteiger partial charge in [-0.3, -0.25) is 14.2 Å². The molecular formula is C19H19N3O6S. The van der Waals surface area contributed by atoms with Gasteiger partial charge in [0.1, 0.15) is 22.9 Å². The number of hydrogen-bond donors (Lipinski definition) is 2. The molecule has 0 unspecified atom stereocenters. The number of nitrogens with one attached hydrogen (secondary N) is 1. The summed E-state index contributed by atoms with van der Waals surface area (Å²) in [4.78, 5) is 41.7. The van der Waals surface area contributed by atoms with Gasteiger partial charge in [-0.2, -0.15) is 0 Å². The molecule has 0 radical (unpaired) electrons. The van der Waals surface area contributed by atoms with Crippen LogP contribution in [0.15, 0.2) is 34.4 Å². The fraction of sp³-hybridized carbons (Fsp3) is 0.263. The summed E-state index contributed by atoms with van der Waals surface area (Å²) in [7, 11) is 3.06. The van der Waals surface area contributed by atoms with Crippen LogP contribution >= 0.6 is 11.3 Å². The fourth-order valence-electron chi connectivity index (χ4n) is 2.79. The van der Waals surface area contributed by atoms with E-state index < -0.39 is 17.4 Å². The predicted octanol–water partition coefficient (Wildman–Crippen LogP) is 1.99. The zero-order valence-electron chi connectivity index (χ0n) is 15.8. The number of carbonyl (C=O) groups is 2. The lowest BCUT2D eigenvalue weighted by Gasteiger charge is -2.13. The number of ether oxygens (including phenoxy) is 2. The monoisotopic (exact) mass is 417 g/mol. The zero-order chi connectivity index (χ0) is 21.0. The molecule has 0 bridgehead atoms. The van der Waals surface area contributed by atoms with Crippen LogP contribution < -0.4 is 15.6 Å². The highest BCUT2D eigenvalue weighted by molar-refractivity contribution is 7.17. The van der Waals surface area contributed by atoms with Crippen molar-refractivity contribution in [3.63, 3.8) is 0 Å². The van der Waals surface area contributed by atoms with E-state index in [9.17, 15) is 19.5 Å². The highest BCUT2D eigenvalue weighted by Gasteiger charge is 2.20. The number of amides is 1. The predicted molar refractivity (Wildman–Crippen MR) is 108 cm³/mol. The van der Waals surface area contributed by atoms with Crippen LogP contribution in [0.5, 0.6) is 5.75 Å².